The van der Waals surface area contributed by atoms with Gasteiger partial charge in [0.15, 0.2) is 0 Å². The SMILES string of the molecule is CCO.CCOc1cnc2sc(C(=O)Cl)cc2n1.CCOc1cnc2sc(C(=O)Nc3cc(NC(=O)c4cccc(C(C)(C)C#N)c4)ccc3C)cc2n1.CCOc1cnc2sc(C(=O)O)cc2n1.COC(=O)c1cc2nc(Cl)cnc2s1.O=S(Cl)Cl.[Na+].[OH-]. The number of carboxylic acids is 1. The summed E-state index contributed by atoms with van der Waals surface area (Å²) in [6.07, 6.45) is 6.01. The number of nitrogens with zero attached hydrogens (tertiary/aromatic N) is 9. The van der Waals surface area contributed by atoms with Crippen molar-refractivity contribution in [1.29, 1.82) is 5.26 Å². The number of anilines is 2. The van der Waals surface area contributed by atoms with Crippen molar-refractivity contribution in [2.24, 2.45) is 0 Å². The van der Waals surface area contributed by atoms with Gasteiger partial charge in [-0.2, -0.15) is 5.26 Å². The number of aromatic carboxylic acids is 1. The number of aliphatic hydroxyl groups is 1. The molecule has 24 nitrogen and oxygen atoms in total. The third-order valence-corrected chi connectivity index (χ3v) is 15.2. The van der Waals surface area contributed by atoms with E-state index in [1.165, 1.54) is 72.0 Å². The molecule has 0 radical (unpaired) electrons. The van der Waals surface area contributed by atoms with Crippen molar-refractivity contribution in [2.75, 3.05) is 44.2 Å². The molecule has 0 saturated carbocycles. The molecule has 0 fully saturated rings. The Morgan fingerprint density at radius 1 is 0.663 bits per heavy atom. The van der Waals surface area contributed by atoms with Crippen LogP contribution in [0.3, 0.4) is 0 Å². The Labute approximate surface area is 568 Å². The molecule has 10 aromatic rings. The van der Waals surface area contributed by atoms with E-state index in [1.54, 1.807) is 69.3 Å². The summed E-state index contributed by atoms with van der Waals surface area (Å²) in [4.78, 5) is 96.1. The number of hydrogen-bond donors (Lipinski definition) is 4. The van der Waals surface area contributed by atoms with Gasteiger partial charge in [0, 0.05) is 44.9 Å². The molecule has 0 spiro atoms. The maximum atomic E-state index is 13.0. The molecule has 0 atom stereocenters. The number of aromatic nitrogens is 8. The van der Waals surface area contributed by atoms with Crippen LogP contribution in [0.4, 0.5) is 11.4 Å². The Hall–Kier alpha value is -6.73. The number of fused-ring (bicyclic) bond motifs is 4. The van der Waals surface area contributed by atoms with Gasteiger partial charge in [0.1, 0.15) is 56.3 Å². The molecular weight excluding hydrogens is 1350 g/mol. The van der Waals surface area contributed by atoms with Crippen LogP contribution in [0, 0.1) is 18.3 Å². The van der Waals surface area contributed by atoms with E-state index < -0.39 is 25.9 Å². The molecule has 8 aromatic heterocycles. The second-order valence-corrected chi connectivity index (χ2v) is 24.5. The summed E-state index contributed by atoms with van der Waals surface area (Å²) in [5.41, 5.74) is 4.85. The van der Waals surface area contributed by atoms with Gasteiger partial charge < -0.3 is 45.3 Å². The summed E-state index contributed by atoms with van der Waals surface area (Å²) in [5, 5.41) is 31.4. The molecule has 2 amide bonds. The van der Waals surface area contributed by atoms with Crippen molar-refractivity contribution in [1.82, 2.24) is 39.9 Å². The van der Waals surface area contributed by atoms with Crippen LogP contribution in [0.1, 0.15) is 102 Å². The fraction of sp³-hybridized carbons (Fsp3) is 0.236. The molecule has 0 saturated heterocycles. The van der Waals surface area contributed by atoms with Crippen LogP contribution in [0.5, 0.6) is 17.6 Å². The topological polar surface area (TPSA) is 361 Å². The fourth-order valence-electron chi connectivity index (χ4n) is 6.72. The number of rotatable bonds is 14. The Bertz CT molecular complexity index is 4030. The number of esters is 1. The van der Waals surface area contributed by atoms with Crippen molar-refractivity contribution in [2.45, 2.75) is 53.9 Å². The number of carbonyl (C=O) groups excluding carboxylic acids is 4. The molecule has 10 rings (SSSR count). The second kappa shape index (κ2) is 37.4. The quantitative estimate of drug-likeness (QED) is 0.0446. The van der Waals surface area contributed by atoms with Crippen molar-refractivity contribution in [3.63, 3.8) is 0 Å². The molecule has 89 heavy (non-hydrogen) atoms. The smallest absolute Gasteiger partial charge is 0.870 e. The van der Waals surface area contributed by atoms with Gasteiger partial charge in [0.2, 0.25) is 26.9 Å². The average Bonchev–Trinajstić information content (AvgIpc) is 3.72. The second-order valence-electron chi connectivity index (χ2n) is 17.1. The van der Waals surface area contributed by atoms with E-state index in [-0.39, 0.29) is 64.3 Å². The number of halogens is 4. The predicted molar refractivity (Wildman–Crippen MR) is 343 cm³/mol. The molecule has 8 heterocycles. The van der Waals surface area contributed by atoms with E-state index in [1.807, 2.05) is 39.8 Å². The minimum absolute atomic E-state index is 0. The van der Waals surface area contributed by atoms with E-state index in [9.17, 15) is 29.2 Å². The number of carboxylic acid groups (broad SMARTS) is 1. The van der Waals surface area contributed by atoms with Gasteiger partial charge in [-0.15, -0.1) is 45.3 Å². The van der Waals surface area contributed by atoms with Gasteiger partial charge in [0.05, 0.1) is 73.0 Å². The van der Waals surface area contributed by atoms with Gasteiger partial charge in [-0.3, -0.25) is 14.4 Å². The van der Waals surface area contributed by atoms with Crippen LogP contribution in [0.15, 0.2) is 91.5 Å². The van der Waals surface area contributed by atoms with E-state index in [0.29, 0.717) is 116 Å². The minimum Gasteiger partial charge on any atom is -0.870 e. The molecule has 464 valence electrons. The first-order chi connectivity index (χ1) is 41.4. The third kappa shape index (κ3) is 23.2. The largest absolute Gasteiger partial charge is 1.00 e. The van der Waals surface area contributed by atoms with Crippen molar-refractivity contribution in [3.05, 3.63) is 133 Å². The molecule has 0 aliphatic carbocycles. The number of carbonyl (C=O) groups is 5. The number of hydrogen-bond acceptors (Lipinski definition) is 25. The minimum atomic E-state index is -1.67. The first-order valence-corrected chi connectivity index (χ1v) is 32.0. The van der Waals surface area contributed by atoms with Crippen LogP contribution >= 0.6 is 89.9 Å². The third-order valence-electron chi connectivity index (χ3n) is 10.6. The summed E-state index contributed by atoms with van der Waals surface area (Å²) in [6, 6.07) is 21.0. The first kappa shape index (κ1) is 76.5. The molecule has 0 aliphatic heterocycles. The molecule has 0 bridgehead atoms. The molecule has 34 heteroatoms. The summed E-state index contributed by atoms with van der Waals surface area (Å²) in [7, 11) is 8.69. The summed E-state index contributed by atoms with van der Waals surface area (Å²) in [5.74, 6) is -0.662. The van der Waals surface area contributed by atoms with Gasteiger partial charge in [-0.25, -0.2) is 53.7 Å². The average molecular weight is 1400 g/mol. The van der Waals surface area contributed by atoms with Gasteiger partial charge >= 0.3 is 41.5 Å². The zero-order valence-corrected chi connectivity index (χ0v) is 57.6. The number of ether oxygens (including phenoxy) is 4. The molecular formula is C55H52Cl4N11NaO13S5. The number of thiophene rings is 4. The normalized spacial score (nSPS) is 10.3. The fourth-order valence-corrected chi connectivity index (χ4v) is 10.3. The monoisotopic (exact) mass is 1400 g/mol. The van der Waals surface area contributed by atoms with Crippen LogP contribution in [-0.4, -0.2) is 122 Å². The number of nitriles is 1. The van der Waals surface area contributed by atoms with Crippen LogP contribution in [0.25, 0.3) is 41.4 Å². The number of nitrogens with one attached hydrogen (secondary N) is 2. The molecule has 5 N–H and O–H groups in total. The van der Waals surface area contributed by atoms with Gasteiger partial charge in [-0.1, -0.05) is 29.8 Å². The maximum Gasteiger partial charge on any atom is 1.00 e. The van der Waals surface area contributed by atoms with Crippen molar-refractivity contribution < 1.29 is 92.4 Å². The Morgan fingerprint density at radius 3 is 1.57 bits per heavy atom. The zero-order valence-electron chi connectivity index (χ0n) is 48.5. The molecule has 0 unspecified atom stereocenters. The van der Waals surface area contributed by atoms with Crippen molar-refractivity contribution >= 4 is 181 Å². The van der Waals surface area contributed by atoms with E-state index in [2.05, 4.69) is 82.7 Å². The number of amides is 2. The van der Waals surface area contributed by atoms with Crippen molar-refractivity contribution in [3.8, 4) is 23.7 Å². The van der Waals surface area contributed by atoms with Crippen LogP contribution in [-0.2, 0) is 19.4 Å². The Balaban J connectivity index is 0.000000325. The molecule has 0 aliphatic rings. The number of methoxy groups -OCH3 is 1. The van der Waals surface area contributed by atoms with E-state index in [0.717, 1.165) is 22.5 Å². The Morgan fingerprint density at radius 2 is 1.10 bits per heavy atom. The number of benzene rings is 2. The van der Waals surface area contributed by atoms with E-state index >= 15 is 0 Å². The van der Waals surface area contributed by atoms with Gasteiger partial charge in [-0.05, 0) is 120 Å². The van der Waals surface area contributed by atoms with Crippen LogP contribution in [0.2, 0.25) is 5.15 Å². The zero-order chi connectivity index (χ0) is 64.0. The standard InChI is InChI=1S/C27H25N5O3S.C9H7ClN2O2S.C9H8N2O3S.C8H5ClN2O2S.C2H6O.Cl2OS.Na.H2O/c1-5-35-23-14-29-26-21(31-23)13-22(36-26)25(34)32-20-12-19(10-9-16(20)2)30-24(33)17-7-6-8-18(11-17)27(3,4)15-28;1-2-14-7-4-11-9-5(12-7)3-6(15-9)8(10)13;1-2-14-7-4-10-8-5(11-7)3-6(15-8)9(12)13;1-13-8(12)5-2-4-7(14-5)10-3-6(9)11-4;1-2-3;1-4(2)3;;/h6-14H,5H2,1-4H3,(H,30,33)(H,32,34);3-4H,2H2,1H3;3-4H,2H2,1H3,(H,12,13);2-3H,1H3;3H,2H2,1H3;;;1H2/q;;;;;;+1;/p-1. The van der Waals surface area contributed by atoms with E-state index in [4.69, 9.17) is 51.8 Å². The first-order valence-electron chi connectivity index (χ1n) is 25.2. The Kier molecular flexibility index (Phi) is 32.2. The summed E-state index contributed by atoms with van der Waals surface area (Å²) >= 11 is 15.8. The summed E-state index contributed by atoms with van der Waals surface area (Å²) in [6.45, 7) is 14.5. The number of aliphatic hydroxyl groups excluding tert-OH is 1. The van der Waals surface area contributed by atoms with Crippen LogP contribution < -0.4 is 54.4 Å². The summed E-state index contributed by atoms with van der Waals surface area (Å²) < 4.78 is 29.4. The molecule has 2 aromatic carbocycles. The van der Waals surface area contributed by atoms with Gasteiger partial charge in [0.25, 0.3) is 17.1 Å². The maximum absolute atomic E-state index is 13.0. The predicted octanol–water partition coefficient (Wildman–Crippen LogP) is 9.96. The number of aryl methyl sites for hydroxylation is 1.